The van der Waals surface area contributed by atoms with Gasteiger partial charge in [-0.1, -0.05) is 110 Å². The number of carbonyl (C=O) groups is 2. The van der Waals surface area contributed by atoms with Crippen LogP contribution in [-0.4, -0.2) is 30.3 Å². The largest absolute Gasteiger partial charge is 0.460 e. The molecule has 5 heteroatoms. The van der Waals surface area contributed by atoms with E-state index in [0.29, 0.717) is 6.61 Å². The van der Waals surface area contributed by atoms with Crippen molar-refractivity contribution in [2.45, 2.75) is 123 Å². The summed E-state index contributed by atoms with van der Waals surface area (Å²) < 4.78 is 10.2. The lowest BCUT2D eigenvalue weighted by molar-refractivity contribution is -0.149. The maximum atomic E-state index is 12.1. The minimum absolute atomic E-state index is 0.138. The third-order valence-electron chi connectivity index (χ3n) is 5.44. The summed E-state index contributed by atoms with van der Waals surface area (Å²) in [7, 11) is 0. The Labute approximate surface area is 196 Å². The summed E-state index contributed by atoms with van der Waals surface area (Å²) in [6.07, 6.45) is 22.2. The summed E-state index contributed by atoms with van der Waals surface area (Å²) in [6, 6.07) is 0. The highest BCUT2D eigenvalue weighted by atomic mass is 16.6. The zero-order valence-electron chi connectivity index (χ0n) is 20.8. The summed E-state index contributed by atoms with van der Waals surface area (Å²) >= 11 is 0. The first-order valence-electron chi connectivity index (χ1n) is 12.9. The molecular weight excluding hydrogens is 404 g/mol. The number of unbranched alkanes of at least 4 members (excludes halogenated alkanes) is 15. The number of rotatable bonds is 22. The van der Waals surface area contributed by atoms with Gasteiger partial charge in [-0.15, -0.1) is 0 Å². The molecule has 0 aliphatic heterocycles. The average molecular weight is 453 g/mol. The second kappa shape index (κ2) is 22.6. The van der Waals surface area contributed by atoms with Gasteiger partial charge in [0.1, 0.15) is 0 Å². The number of aliphatic hydroxyl groups excluding tert-OH is 1. The Balaban J connectivity index is 3.61. The van der Waals surface area contributed by atoms with Crippen LogP contribution in [0.15, 0.2) is 24.0 Å². The quantitative estimate of drug-likeness (QED) is 0.0815. The van der Waals surface area contributed by atoms with Gasteiger partial charge in [0, 0.05) is 12.2 Å². The molecule has 0 fully saturated rings. The molecule has 0 saturated carbocycles. The van der Waals surface area contributed by atoms with E-state index in [4.69, 9.17) is 14.6 Å². The molecule has 0 aromatic heterocycles. The third kappa shape index (κ3) is 19.1. The van der Waals surface area contributed by atoms with Crippen LogP contribution in [0.4, 0.5) is 0 Å². The number of carbonyl (C=O) groups excluding carboxylic acids is 2. The highest BCUT2D eigenvalue weighted by molar-refractivity contribution is 5.94. The molecule has 5 nitrogen and oxygen atoms in total. The maximum absolute atomic E-state index is 12.1. The van der Waals surface area contributed by atoms with Crippen LogP contribution in [0.25, 0.3) is 0 Å². The first-order valence-corrected chi connectivity index (χ1v) is 12.9. The highest BCUT2D eigenvalue weighted by Crippen LogP contribution is 2.14. The molecular formula is C27H48O5. The number of hydrogen-bond acceptors (Lipinski definition) is 5. The highest BCUT2D eigenvalue weighted by Gasteiger charge is 2.17. The van der Waals surface area contributed by atoms with Crippen LogP contribution in [-0.2, 0) is 19.1 Å². The molecule has 0 unspecified atom stereocenters. The normalized spacial score (nSPS) is 11.4. The van der Waals surface area contributed by atoms with Gasteiger partial charge >= 0.3 is 11.9 Å². The van der Waals surface area contributed by atoms with Crippen LogP contribution in [0, 0.1) is 0 Å². The van der Waals surface area contributed by atoms with E-state index in [1.54, 1.807) is 0 Å². The molecule has 0 aliphatic rings. The standard InChI is InChI=1S/C27H48O5/c1-4-5-6-7-8-9-10-11-12-13-14-15-16-17-18-19-23-31-27(30)25(21-20-22-28)32-26(29)24(2)3/h21,28H,2,4-20,22-23H2,1,3H3/b25-21+. The second-order valence-electron chi connectivity index (χ2n) is 8.69. The van der Waals surface area contributed by atoms with E-state index < -0.39 is 11.9 Å². The Hall–Kier alpha value is -1.62. The van der Waals surface area contributed by atoms with Crippen molar-refractivity contribution in [3.05, 3.63) is 24.0 Å². The summed E-state index contributed by atoms with van der Waals surface area (Å²) in [4.78, 5) is 23.7. The molecule has 0 aromatic rings. The van der Waals surface area contributed by atoms with E-state index in [9.17, 15) is 9.59 Å². The molecule has 32 heavy (non-hydrogen) atoms. The van der Waals surface area contributed by atoms with E-state index in [2.05, 4.69) is 13.5 Å². The van der Waals surface area contributed by atoms with Gasteiger partial charge in [-0.25, -0.2) is 9.59 Å². The van der Waals surface area contributed by atoms with Crippen molar-refractivity contribution in [3.8, 4) is 0 Å². The SMILES string of the molecule is C=C(C)C(=O)O/C(=C/CCO)C(=O)OCCCCCCCCCCCCCCCCCC. The smallest absolute Gasteiger partial charge is 0.374 e. The van der Waals surface area contributed by atoms with Crippen LogP contribution < -0.4 is 0 Å². The molecule has 0 spiro atoms. The minimum Gasteiger partial charge on any atom is -0.460 e. The average Bonchev–Trinajstić information content (AvgIpc) is 2.78. The van der Waals surface area contributed by atoms with Gasteiger partial charge < -0.3 is 14.6 Å². The molecule has 0 radical (unpaired) electrons. The van der Waals surface area contributed by atoms with E-state index in [1.807, 2.05) is 0 Å². The number of esters is 2. The number of ether oxygens (including phenoxy) is 2. The topological polar surface area (TPSA) is 72.8 Å². The Morgan fingerprint density at radius 2 is 1.19 bits per heavy atom. The molecule has 0 bridgehead atoms. The molecule has 1 N–H and O–H groups in total. The molecule has 0 rings (SSSR count). The fourth-order valence-electron chi connectivity index (χ4n) is 3.44. The summed E-state index contributed by atoms with van der Waals surface area (Å²) in [5, 5.41) is 8.92. The van der Waals surface area contributed by atoms with Gasteiger partial charge in [-0.2, -0.15) is 0 Å². The molecule has 0 saturated heterocycles. The monoisotopic (exact) mass is 452 g/mol. The fourth-order valence-corrected chi connectivity index (χ4v) is 3.44. The Morgan fingerprint density at radius 3 is 1.59 bits per heavy atom. The van der Waals surface area contributed by atoms with Gasteiger partial charge in [0.15, 0.2) is 0 Å². The van der Waals surface area contributed by atoms with Crippen LogP contribution in [0.3, 0.4) is 0 Å². The lowest BCUT2D eigenvalue weighted by atomic mass is 10.0. The van der Waals surface area contributed by atoms with Gasteiger partial charge in [0.25, 0.3) is 0 Å². The second-order valence-corrected chi connectivity index (χ2v) is 8.69. The molecule has 0 aliphatic carbocycles. The van der Waals surface area contributed by atoms with Gasteiger partial charge in [0.05, 0.1) is 6.61 Å². The van der Waals surface area contributed by atoms with Crippen LogP contribution in [0.2, 0.25) is 0 Å². The molecule has 0 aromatic carbocycles. The van der Waals surface area contributed by atoms with E-state index in [1.165, 1.54) is 96.5 Å². The van der Waals surface area contributed by atoms with Crippen LogP contribution in [0.5, 0.6) is 0 Å². The van der Waals surface area contributed by atoms with Crippen molar-refractivity contribution in [2.75, 3.05) is 13.2 Å². The number of aliphatic hydroxyl groups is 1. The van der Waals surface area contributed by atoms with Crippen LogP contribution in [0.1, 0.15) is 123 Å². The predicted octanol–water partition coefficient (Wildman–Crippen LogP) is 7.18. The van der Waals surface area contributed by atoms with Gasteiger partial charge in [0.2, 0.25) is 5.76 Å². The van der Waals surface area contributed by atoms with Crippen molar-refractivity contribution >= 4 is 11.9 Å². The lowest BCUT2D eigenvalue weighted by Gasteiger charge is -2.09. The Morgan fingerprint density at radius 1 is 0.750 bits per heavy atom. The van der Waals surface area contributed by atoms with Crippen molar-refractivity contribution in [3.63, 3.8) is 0 Å². The summed E-state index contributed by atoms with van der Waals surface area (Å²) in [5.41, 5.74) is 0.200. The van der Waals surface area contributed by atoms with Crippen LogP contribution >= 0.6 is 0 Å². The van der Waals surface area contributed by atoms with Gasteiger partial charge in [-0.3, -0.25) is 0 Å². The Kier molecular flexibility index (Phi) is 21.4. The minimum atomic E-state index is -0.673. The third-order valence-corrected chi connectivity index (χ3v) is 5.44. The zero-order chi connectivity index (χ0) is 23.9. The van der Waals surface area contributed by atoms with Gasteiger partial charge in [-0.05, 0) is 25.8 Å². The zero-order valence-corrected chi connectivity index (χ0v) is 20.8. The molecule has 0 heterocycles. The van der Waals surface area contributed by atoms with Crippen molar-refractivity contribution in [1.82, 2.24) is 0 Å². The van der Waals surface area contributed by atoms with Crippen molar-refractivity contribution in [2.24, 2.45) is 0 Å². The molecule has 0 atom stereocenters. The van der Waals surface area contributed by atoms with E-state index in [0.717, 1.165) is 19.3 Å². The first-order chi connectivity index (χ1) is 15.5. The fraction of sp³-hybridized carbons (Fsp3) is 0.778. The first kappa shape index (κ1) is 30.4. The predicted molar refractivity (Wildman–Crippen MR) is 131 cm³/mol. The lowest BCUT2D eigenvalue weighted by Crippen LogP contribution is -2.16. The van der Waals surface area contributed by atoms with E-state index in [-0.39, 0.29) is 24.4 Å². The summed E-state index contributed by atoms with van der Waals surface area (Å²) in [5.74, 6) is -1.52. The Bertz CT molecular complexity index is 524. The summed E-state index contributed by atoms with van der Waals surface area (Å²) in [6.45, 7) is 7.43. The molecule has 186 valence electrons. The number of hydrogen-bond donors (Lipinski definition) is 1. The maximum Gasteiger partial charge on any atom is 0.374 e. The van der Waals surface area contributed by atoms with Crippen molar-refractivity contribution < 1.29 is 24.2 Å². The van der Waals surface area contributed by atoms with Crippen molar-refractivity contribution in [1.29, 1.82) is 0 Å². The van der Waals surface area contributed by atoms with E-state index >= 15 is 0 Å². The molecule has 0 amide bonds.